The standard InChI is InChI=1S/C5H9FO2S/c1-4(2)5(3)9(6,7)8/h5H,1H2,2-3H3. The van der Waals surface area contributed by atoms with Gasteiger partial charge in [0.25, 0.3) is 0 Å². The van der Waals surface area contributed by atoms with Gasteiger partial charge in [-0.05, 0) is 13.8 Å². The molecular formula is C5H9FO2S. The fourth-order valence-corrected chi connectivity index (χ4v) is 0.721. The Labute approximate surface area is 54.6 Å². The van der Waals surface area contributed by atoms with Crippen molar-refractivity contribution < 1.29 is 12.3 Å². The van der Waals surface area contributed by atoms with E-state index in [0.29, 0.717) is 5.57 Å². The molecule has 54 valence electrons. The van der Waals surface area contributed by atoms with E-state index >= 15 is 0 Å². The summed E-state index contributed by atoms with van der Waals surface area (Å²) in [5.41, 5.74) is 0.317. The van der Waals surface area contributed by atoms with Gasteiger partial charge >= 0.3 is 10.2 Å². The predicted molar refractivity (Wildman–Crippen MR) is 34.3 cm³/mol. The molecule has 0 saturated carbocycles. The Balaban J connectivity index is 4.43. The van der Waals surface area contributed by atoms with Crippen LogP contribution in [-0.4, -0.2) is 13.7 Å². The molecule has 0 aromatic carbocycles. The summed E-state index contributed by atoms with van der Waals surface area (Å²) in [5, 5.41) is -1.07. The first-order valence-electron chi connectivity index (χ1n) is 2.44. The number of halogens is 1. The Morgan fingerprint density at radius 3 is 2.00 bits per heavy atom. The Morgan fingerprint density at radius 1 is 1.67 bits per heavy atom. The summed E-state index contributed by atoms with van der Waals surface area (Å²) in [6.07, 6.45) is 0. The molecule has 0 heterocycles. The Bertz CT molecular complexity index is 205. The second-order valence-electron chi connectivity index (χ2n) is 1.96. The second kappa shape index (κ2) is 2.47. The maximum Gasteiger partial charge on any atom is 0.308 e. The molecule has 0 saturated heterocycles. The maximum atomic E-state index is 11.9. The third-order valence-electron chi connectivity index (χ3n) is 1.12. The number of hydrogen-bond donors (Lipinski definition) is 0. The smallest absolute Gasteiger partial charge is 0.194 e. The van der Waals surface area contributed by atoms with Gasteiger partial charge in [-0.3, -0.25) is 0 Å². The minimum atomic E-state index is -4.40. The highest BCUT2D eigenvalue weighted by atomic mass is 32.3. The van der Waals surface area contributed by atoms with E-state index in [0.717, 1.165) is 0 Å². The van der Waals surface area contributed by atoms with Crippen molar-refractivity contribution in [3.05, 3.63) is 12.2 Å². The third kappa shape index (κ3) is 2.60. The summed E-state index contributed by atoms with van der Waals surface area (Å²) < 4.78 is 32.0. The van der Waals surface area contributed by atoms with Crippen LogP contribution in [0.3, 0.4) is 0 Å². The van der Waals surface area contributed by atoms with Crippen LogP contribution in [0.15, 0.2) is 12.2 Å². The average Bonchev–Trinajstić information content (AvgIpc) is 1.62. The zero-order valence-electron chi connectivity index (χ0n) is 5.39. The van der Waals surface area contributed by atoms with Crippen LogP contribution in [0.1, 0.15) is 13.8 Å². The predicted octanol–water partition coefficient (Wildman–Crippen LogP) is 1.25. The molecular weight excluding hydrogens is 143 g/mol. The van der Waals surface area contributed by atoms with Gasteiger partial charge in [-0.25, -0.2) is 0 Å². The quantitative estimate of drug-likeness (QED) is 0.441. The van der Waals surface area contributed by atoms with Gasteiger partial charge in [0.05, 0.1) is 0 Å². The maximum absolute atomic E-state index is 11.9. The summed E-state index contributed by atoms with van der Waals surface area (Å²) in [6, 6.07) is 0. The van der Waals surface area contributed by atoms with E-state index in [4.69, 9.17) is 0 Å². The first-order chi connectivity index (χ1) is 3.85. The summed E-state index contributed by atoms with van der Waals surface area (Å²) >= 11 is 0. The molecule has 1 unspecified atom stereocenters. The van der Waals surface area contributed by atoms with Crippen molar-refractivity contribution in [2.45, 2.75) is 19.1 Å². The third-order valence-corrected chi connectivity index (χ3v) is 2.36. The van der Waals surface area contributed by atoms with Gasteiger partial charge in [-0.2, -0.15) is 8.42 Å². The van der Waals surface area contributed by atoms with E-state index in [1.807, 2.05) is 0 Å². The molecule has 0 aliphatic rings. The van der Waals surface area contributed by atoms with Crippen LogP contribution in [-0.2, 0) is 10.2 Å². The lowest BCUT2D eigenvalue weighted by atomic mass is 10.3. The van der Waals surface area contributed by atoms with Crippen LogP contribution in [0.4, 0.5) is 3.89 Å². The summed E-state index contributed by atoms with van der Waals surface area (Å²) in [4.78, 5) is 0. The minimum absolute atomic E-state index is 0.317. The van der Waals surface area contributed by atoms with Gasteiger partial charge in [0.1, 0.15) is 5.25 Å². The van der Waals surface area contributed by atoms with Gasteiger partial charge in [0.2, 0.25) is 0 Å². The van der Waals surface area contributed by atoms with Crippen LogP contribution in [0, 0.1) is 0 Å². The van der Waals surface area contributed by atoms with Gasteiger partial charge < -0.3 is 0 Å². The molecule has 0 radical (unpaired) electrons. The zero-order chi connectivity index (χ0) is 7.65. The van der Waals surface area contributed by atoms with Gasteiger partial charge in [0.15, 0.2) is 0 Å². The molecule has 0 fully saturated rings. The fraction of sp³-hybridized carbons (Fsp3) is 0.600. The van der Waals surface area contributed by atoms with E-state index in [2.05, 4.69) is 6.58 Å². The van der Waals surface area contributed by atoms with Crippen LogP contribution in [0.2, 0.25) is 0 Å². The van der Waals surface area contributed by atoms with E-state index in [-0.39, 0.29) is 0 Å². The second-order valence-corrected chi connectivity index (χ2v) is 3.62. The highest BCUT2D eigenvalue weighted by Crippen LogP contribution is 2.10. The van der Waals surface area contributed by atoms with Crippen molar-refractivity contribution >= 4 is 10.2 Å². The van der Waals surface area contributed by atoms with Gasteiger partial charge in [-0.1, -0.05) is 12.2 Å². The zero-order valence-corrected chi connectivity index (χ0v) is 6.20. The highest BCUT2D eigenvalue weighted by Gasteiger charge is 2.18. The van der Waals surface area contributed by atoms with Crippen LogP contribution < -0.4 is 0 Å². The lowest BCUT2D eigenvalue weighted by molar-refractivity contribution is 0.544. The van der Waals surface area contributed by atoms with Crippen LogP contribution in [0.5, 0.6) is 0 Å². The van der Waals surface area contributed by atoms with Gasteiger partial charge in [0, 0.05) is 0 Å². The van der Waals surface area contributed by atoms with Crippen LogP contribution in [0.25, 0.3) is 0 Å². The molecule has 0 aliphatic carbocycles. The van der Waals surface area contributed by atoms with E-state index in [9.17, 15) is 12.3 Å². The molecule has 2 nitrogen and oxygen atoms in total. The average molecular weight is 152 g/mol. The topological polar surface area (TPSA) is 34.1 Å². The normalized spacial score (nSPS) is 15.0. The molecule has 9 heavy (non-hydrogen) atoms. The molecule has 1 atom stereocenters. The van der Waals surface area contributed by atoms with Crippen molar-refractivity contribution in [1.29, 1.82) is 0 Å². The molecule has 0 aromatic rings. The first kappa shape index (κ1) is 8.62. The summed E-state index contributed by atoms with van der Waals surface area (Å²) in [7, 11) is -4.40. The van der Waals surface area contributed by atoms with Crippen LogP contribution >= 0.6 is 0 Å². The molecule has 0 N–H and O–H groups in total. The molecule has 0 spiro atoms. The summed E-state index contributed by atoms with van der Waals surface area (Å²) in [5.74, 6) is 0. The van der Waals surface area contributed by atoms with E-state index < -0.39 is 15.5 Å². The van der Waals surface area contributed by atoms with Crippen molar-refractivity contribution in [3.8, 4) is 0 Å². The Morgan fingerprint density at radius 2 is 2.00 bits per heavy atom. The molecule has 4 heteroatoms. The largest absolute Gasteiger partial charge is 0.308 e. The van der Waals surface area contributed by atoms with E-state index in [1.165, 1.54) is 13.8 Å². The SMILES string of the molecule is C=C(C)C(C)S(=O)(=O)F. The summed E-state index contributed by atoms with van der Waals surface area (Å²) in [6.45, 7) is 6.04. The first-order valence-corrected chi connectivity index (χ1v) is 3.89. The molecule has 0 aliphatic heterocycles. The van der Waals surface area contributed by atoms with Gasteiger partial charge in [-0.15, -0.1) is 3.89 Å². The van der Waals surface area contributed by atoms with Crippen molar-refractivity contribution in [2.75, 3.05) is 0 Å². The van der Waals surface area contributed by atoms with Crippen molar-refractivity contribution in [1.82, 2.24) is 0 Å². The lowest BCUT2D eigenvalue weighted by Crippen LogP contribution is -2.12. The van der Waals surface area contributed by atoms with Crippen molar-refractivity contribution in [3.63, 3.8) is 0 Å². The Hall–Kier alpha value is -0.380. The Kier molecular flexibility index (Phi) is 2.37. The lowest BCUT2D eigenvalue weighted by Gasteiger charge is -2.02. The highest BCUT2D eigenvalue weighted by molar-refractivity contribution is 7.87. The minimum Gasteiger partial charge on any atom is -0.194 e. The molecule has 0 aromatic heterocycles. The number of hydrogen-bond acceptors (Lipinski definition) is 2. The number of rotatable bonds is 2. The monoisotopic (exact) mass is 152 g/mol. The van der Waals surface area contributed by atoms with Crippen molar-refractivity contribution in [2.24, 2.45) is 0 Å². The molecule has 0 rings (SSSR count). The fourth-order valence-electron chi connectivity index (χ4n) is 0.240. The van der Waals surface area contributed by atoms with E-state index in [1.54, 1.807) is 0 Å². The molecule has 0 bridgehead atoms. The molecule has 0 amide bonds.